The summed E-state index contributed by atoms with van der Waals surface area (Å²) in [7, 11) is 0. The van der Waals surface area contributed by atoms with E-state index >= 15 is 8.78 Å². The van der Waals surface area contributed by atoms with Crippen LogP contribution in [0, 0.1) is 29.2 Å². The number of hydrogen-bond donors (Lipinski definition) is 0. The third-order valence-electron chi connectivity index (χ3n) is 7.16. The Balaban J connectivity index is 1.44. The Labute approximate surface area is 210 Å². The minimum atomic E-state index is -0.975. The number of halogens is 4. The third-order valence-corrected chi connectivity index (χ3v) is 7.16. The molecule has 0 amide bonds. The molecule has 3 aromatic carbocycles. The molecule has 1 nitrogen and oxygen atoms in total. The molecule has 0 aromatic heterocycles. The zero-order valence-corrected chi connectivity index (χ0v) is 20.8. The summed E-state index contributed by atoms with van der Waals surface area (Å²) >= 11 is 0. The molecule has 0 N–H and O–H groups in total. The number of rotatable bonds is 8. The minimum Gasteiger partial charge on any atom is -0.491 e. The zero-order chi connectivity index (χ0) is 25.7. The first-order valence-corrected chi connectivity index (χ1v) is 12.7. The molecule has 0 radical (unpaired) electrons. The Bertz CT molecular complexity index is 1210. The van der Waals surface area contributed by atoms with Gasteiger partial charge in [-0.3, -0.25) is 0 Å². The maximum Gasteiger partial charge on any atom is 0.200 e. The molecular formula is C31H32F4O. The molecule has 0 saturated heterocycles. The smallest absolute Gasteiger partial charge is 0.200 e. The highest BCUT2D eigenvalue weighted by atomic mass is 19.2. The van der Waals surface area contributed by atoms with Crippen LogP contribution >= 0.6 is 0 Å². The van der Waals surface area contributed by atoms with Gasteiger partial charge in [0.15, 0.2) is 23.2 Å². The van der Waals surface area contributed by atoms with Crippen molar-refractivity contribution in [1.82, 2.24) is 0 Å². The third kappa shape index (κ3) is 5.66. The van der Waals surface area contributed by atoms with Crippen LogP contribution in [0.15, 0.2) is 60.7 Å². The van der Waals surface area contributed by atoms with Crippen LogP contribution < -0.4 is 4.74 Å². The summed E-state index contributed by atoms with van der Waals surface area (Å²) in [6.07, 6.45) is 8.75. The first-order valence-electron chi connectivity index (χ1n) is 12.7. The predicted octanol–water partition coefficient (Wildman–Crippen LogP) is 8.94. The van der Waals surface area contributed by atoms with E-state index in [1.54, 1.807) is 31.2 Å². The van der Waals surface area contributed by atoms with Crippen LogP contribution in [0.4, 0.5) is 17.6 Å². The largest absolute Gasteiger partial charge is 0.491 e. The van der Waals surface area contributed by atoms with Gasteiger partial charge in [-0.15, -0.1) is 0 Å². The lowest BCUT2D eigenvalue weighted by molar-refractivity contribution is 0.313. The SMILES string of the molecule is C/C=C/C1CCC(c2ccc(-c3ccc(CCc4ccc(OCC)c(F)c4F)cc3)c(F)c2F)CC1. The standard InChI is InChI=1S/C31H32F4O/c1-3-5-20-6-11-22(12-7-20)25-17-18-26(30(34)29(25)33)23-13-8-21(9-14-23)10-15-24-16-19-27(36-4-2)31(35)28(24)32/h3,5,8-9,13-14,16-20,22H,4,6-7,10-12,15H2,1-2H3/b5-3+. The fourth-order valence-electron chi connectivity index (χ4n) is 5.16. The van der Waals surface area contributed by atoms with Gasteiger partial charge in [0.2, 0.25) is 5.82 Å². The summed E-state index contributed by atoms with van der Waals surface area (Å²) in [4.78, 5) is 0. The van der Waals surface area contributed by atoms with Crippen LogP contribution in [-0.4, -0.2) is 6.61 Å². The van der Waals surface area contributed by atoms with E-state index in [0.29, 0.717) is 29.9 Å². The average Bonchev–Trinajstić information content (AvgIpc) is 2.89. The molecule has 0 spiro atoms. The Morgan fingerprint density at radius 1 is 0.778 bits per heavy atom. The molecular weight excluding hydrogens is 464 g/mol. The zero-order valence-electron chi connectivity index (χ0n) is 20.8. The van der Waals surface area contributed by atoms with E-state index in [1.165, 1.54) is 12.1 Å². The van der Waals surface area contributed by atoms with Crippen molar-refractivity contribution in [2.75, 3.05) is 6.61 Å². The summed E-state index contributed by atoms with van der Waals surface area (Å²) < 4.78 is 63.7. The van der Waals surface area contributed by atoms with Crippen LogP contribution in [0.5, 0.6) is 5.75 Å². The molecule has 0 atom stereocenters. The van der Waals surface area contributed by atoms with E-state index in [1.807, 2.05) is 19.1 Å². The predicted molar refractivity (Wildman–Crippen MR) is 136 cm³/mol. The first kappa shape index (κ1) is 26.0. The summed E-state index contributed by atoms with van der Waals surface area (Å²) in [6.45, 7) is 3.98. The van der Waals surface area contributed by atoms with Crippen molar-refractivity contribution in [2.24, 2.45) is 5.92 Å². The fraction of sp³-hybridized carbons (Fsp3) is 0.355. The minimum absolute atomic E-state index is 0.0465. The number of ether oxygens (including phenoxy) is 1. The fourth-order valence-corrected chi connectivity index (χ4v) is 5.16. The molecule has 0 heterocycles. The van der Waals surface area contributed by atoms with Crippen molar-refractivity contribution in [3.05, 3.63) is 101 Å². The second-order valence-corrected chi connectivity index (χ2v) is 9.45. The van der Waals surface area contributed by atoms with Crippen LogP contribution in [0.3, 0.4) is 0 Å². The van der Waals surface area contributed by atoms with Gasteiger partial charge < -0.3 is 4.74 Å². The van der Waals surface area contributed by atoms with Crippen LogP contribution in [0.1, 0.15) is 62.1 Å². The van der Waals surface area contributed by atoms with Gasteiger partial charge in [-0.05, 0) is 92.5 Å². The molecule has 3 aromatic rings. The van der Waals surface area contributed by atoms with E-state index in [2.05, 4.69) is 12.2 Å². The Morgan fingerprint density at radius 3 is 2.17 bits per heavy atom. The van der Waals surface area contributed by atoms with Gasteiger partial charge in [0, 0.05) is 5.56 Å². The molecule has 1 saturated carbocycles. The average molecular weight is 497 g/mol. The van der Waals surface area contributed by atoms with E-state index in [0.717, 1.165) is 31.2 Å². The second kappa shape index (κ2) is 11.8. The monoisotopic (exact) mass is 496 g/mol. The number of allylic oxidation sites excluding steroid dienone is 2. The lowest BCUT2D eigenvalue weighted by Gasteiger charge is -2.27. The molecule has 4 rings (SSSR count). The normalized spacial score (nSPS) is 18.1. The van der Waals surface area contributed by atoms with Gasteiger partial charge in [-0.2, -0.15) is 4.39 Å². The topological polar surface area (TPSA) is 9.23 Å². The number of hydrogen-bond acceptors (Lipinski definition) is 1. The van der Waals surface area contributed by atoms with Crippen molar-refractivity contribution >= 4 is 0 Å². The lowest BCUT2D eigenvalue weighted by atomic mass is 9.78. The molecule has 190 valence electrons. The second-order valence-electron chi connectivity index (χ2n) is 9.45. The summed E-state index contributed by atoms with van der Waals surface area (Å²) in [6, 6.07) is 13.5. The van der Waals surface area contributed by atoms with Gasteiger partial charge in [-0.1, -0.05) is 54.6 Å². The molecule has 0 bridgehead atoms. The Hall–Kier alpha value is -3.08. The lowest BCUT2D eigenvalue weighted by Crippen LogP contribution is -2.13. The maximum absolute atomic E-state index is 15.1. The maximum atomic E-state index is 15.1. The summed E-state index contributed by atoms with van der Waals surface area (Å²) in [5.41, 5.74) is 2.43. The van der Waals surface area contributed by atoms with E-state index in [-0.39, 0.29) is 29.4 Å². The van der Waals surface area contributed by atoms with Crippen molar-refractivity contribution in [3.8, 4) is 16.9 Å². The summed E-state index contributed by atoms with van der Waals surface area (Å²) in [5, 5.41) is 0. The molecule has 36 heavy (non-hydrogen) atoms. The highest BCUT2D eigenvalue weighted by molar-refractivity contribution is 5.65. The van der Waals surface area contributed by atoms with E-state index in [9.17, 15) is 8.78 Å². The molecule has 5 heteroatoms. The highest BCUT2D eigenvalue weighted by Crippen LogP contribution is 2.39. The van der Waals surface area contributed by atoms with Gasteiger partial charge in [0.25, 0.3) is 0 Å². The van der Waals surface area contributed by atoms with Gasteiger partial charge in [0.1, 0.15) is 0 Å². The quantitative estimate of drug-likeness (QED) is 0.223. The number of aryl methyl sites for hydroxylation is 2. The van der Waals surface area contributed by atoms with Crippen LogP contribution in [0.2, 0.25) is 0 Å². The van der Waals surface area contributed by atoms with Crippen molar-refractivity contribution in [2.45, 2.75) is 58.3 Å². The molecule has 0 unspecified atom stereocenters. The van der Waals surface area contributed by atoms with Crippen molar-refractivity contribution < 1.29 is 22.3 Å². The van der Waals surface area contributed by atoms with E-state index < -0.39 is 23.3 Å². The molecule has 1 fully saturated rings. The Kier molecular flexibility index (Phi) is 8.50. The van der Waals surface area contributed by atoms with Gasteiger partial charge in [0.05, 0.1) is 6.61 Å². The molecule has 0 aliphatic heterocycles. The Morgan fingerprint density at radius 2 is 1.50 bits per heavy atom. The van der Waals surface area contributed by atoms with Crippen LogP contribution in [-0.2, 0) is 12.8 Å². The van der Waals surface area contributed by atoms with E-state index in [4.69, 9.17) is 4.74 Å². The number of benzene rings is 3. The van der Waals surface area contributed by atoms with Gasteiger partial charge in [-0.25, -0.2) is 13.2 Å². The molecule has 1 aliphatic rings. The first-order chi connectivity index (χ1) is 17.4. The van der Waals surface area contributed by atoms with Crippen molar-refractivity contribution in [3.63, 3.8) is 0 Å². The summed E-state index contributed by atoms with van der Waals surface area (Å²) in [5.74, 6) is -2.96. The molecule has 1 aliphatic carbocycles. The highest BCUT2D eigenvalue weighted by Gasteiger charge is 2.25. The van der Waals surface area contributed by atoms with Crippen LogP contribution in [0.25, 0.3) is 11.1 Å². The van der Waals surface area contributed by atoms with Crippen molar-refractivity contribution in [1.29, 1.82) is 0 Å². The van der Waals surface area contributed by atoms with Gasteiger partial charge >= 0.3 is 0 Å².